The van der Waals surface area contributed by atoms with Gasteiger partial charge in [-0.05, 0) is 81.5 Å². The van der Waals surface area contributed by atoms with Gasteiger partial charge in [0.1, 0.15) is 5.78 Å². The zero-order valence-corrected chi connectivity index (χ0v) is 26.2. The van der Waals surface area contributed by atoms with Crippen LogP contribution in [0, 0.1) is 11.6 Å². The monoisotopic (exact) mass is 593 g/mol. The Morgan fingerprint density at radius 3 is 2.33 bits per heavy atom. The van der Waals surface area contributed by atoms with Crippen LogP contribution in [0.5, 0.6) is 0 Å². The van der Waals surface area contributed by atoms with E-state index in [0.717, 1.165) is 30.5 Å². The number of halogens is 2. The average Bonchev–Trinajstić information content (AvgIpc) is 3.01. The number of hydrogen-bond acceptors (Lipinski definition) is 5. The fraction of sp³-hybridized carbons (Fsp3) is 0.412. The third kappa shape index (κ3) is 10.9. The number of aliphatic imine (C=N–C) groups is 2. The largest absolute Gasteiger partial charge is 0.386 e. The predicted octanol–water partition coefficient (Wildman–Crippen LogP) is 8.09. The quantitative estimate of drug-likeness (QED) is 0.104. The lowest BCUT2D eigenvalue weighted by atomic mass is 10.0. The van der Waals surface area contributed by atoms with Crippen LogP contribution in [0.25, 0.3) is 5.57 Å². The molecule has 0 saturated heterocycles. The Morgan fingerprint density at radius 1 is 0.930 bits per heavy atom. The fourth-order valence-electron chi connectivity index (χ4n) is 4.34. The number of anilines is 2. The Balaban J connectivity index is 2.15. The van der Waals surface area contributed by atoms with E-state index in [1.165, 1.54) is 25.4 Å². The molecule has 0 aromatic heterocycles. The van der Waals surface area contributed by atoms with Crippen LogP contribution in [0.15, 0.2) is 58.8 Å². The number of amides is 1. The standard InChI is InChI=1S/C34H45F2N5O2/c1-7-10-11-13-27(42)14-12-20-39-34(43)29-16-15-26(21-25(29)9-3)41-33(38-19-8-2)24(5)40-22-23(4)28-17-18-30(37-6)32(36)31(28)35/h8,15-19,21-22,37H,7,9-14,20H2,1-6H3,(H,38,41)(H,39,43)/b19-8-,23-22+,40-24?. The molecule has 3 N–H and O–H groups in total. The van der Waals surface area contributed by atoms with Gasteiger partial charge in [-0.3, -0.25) is 14.6 Å². The smallest absolute Gasteiger partial charge is 0.251 e. The van der Waals surface area contributed by atoms with Crippen molar-refractivity contribution in [3.8, 4) is 0 Å². The van der Waals surface area contributed by atoms with Crippen LogP contribution in [0.1, 0.15) is 94.6 Å². The number of nitrogens with zero attached hydrogens (tertiary/aromatic N) is 2. The molecule has 2 aromatic rings. The van der Waals surface area contributed by atoms with Gasteiger partial charge in [0, 0.05) is 55.6 Å². The van der Waals surface area contributed by atoms with Crippen LogP contribution >= 0.6 is 0 Å². The van der Waals surface area contributed by atoms with Crippen molar-refractivity contribution in [1.29, 1.82) is 0 Å². The Morgan fingerprint density at radius 2 is 1.65 bits per heavy atom. The topological polar surface area (TPSA) is 95.0 Å². The van der Waals surface area contributed by atoms with E-state index < -0.39 is 11.6 Å². The van der Waals surface area contributed by atoms with Crippen molar-refractivity contribution in [2.45, 2.75) is 79.6 Å². The van der Waals surface area contributed by atoms with Gasteiger partial charge in [0.15, 0.2) is 17.5 Å². The summed E-state index contributed by atoms with van der Waals surface area (Å²) in [6.45, 7) is 9.80. The second kappa shape index (κ2) is 18.4. The van der Waals surface area contributed by atoms with E-state index >= 15 is 0 Å². The van der Waals surface area contributed by atoms with Gasteiger partial charge in [-0.15, -0.1) is 0 Å². The number of Topliss-reactive ketones (excluding diaryl/α,β-unsaturated/α-hetero) is 1. The van der Waals surface area contributed by atoms with Crippen LogP contribution in [0.4, 0.5) is 20.2 Å². The highest BCUT2D eigenvalue weighted by Crippen LogP contribution is 2.25. The number of amidine groups is 1. The Hall–Kier alpha value is -4.14. The minimum absolute atomic E-state index is 0.0818. The van der Waals surface area contributed by atoms with Crippen LogP contribution in [0.2, 0.25) is 0 Å². The SMILES string of the molecule is C/C=C\N=C(Nc1ccc(C(=O)NCCCC(=O)CCCCC)c(CC)c1)C(C)=N/C=C(\C)c1ccc(NC)c(F)c1F. The van der Waals surface area contributed by atoms with Gasteiger partial charge in [0.2, 0.25) is 0 Å². The summed E-state index contributed by atoms with van der Waals surface area (Å²) in [6.07, 6.45) is 10.3. The molecule has 0 radical (unpaired) electrons. The van der Waals surface area contributed by atoms with Crippen molar-refractivity contribution in [1.82, 2.24) is 5.32 Å². The summed E-state index contributed by atoms with van der Waals surface area (Å²) >= 11 is 0. The third-order valence-corrected chi connectivity index (χ3v) is 6.89. The zero-order chi connectivity index (χ0) is 31.8. The molecule has 9 heteroatoms. The summed E-state index contributed by atoms with van der Waals surface area (Å²) in [5, 5.41) is 8.82. The van der Waals surface area contributed by atoms with E-state index in [0.29, 0.717) is 54.9 Å². The van der Waals surface area contributed by atoms with E-state index in [9.17, 15) is 18.4 Å². The third-order valence-electron chi connectivity index (χ3n) is 6.89. The molecule has 0 aliphatic carbocycles. The van der Waals surface area contributed by atoms with Crippen LogP contribution < -0.4 is 16.0 Å². The number of carbonyl (C=O) groups excluding carboxylic acids is 2. The number of carbonyl (C=O) groups is 2. The molecule has 43 heavy (non-hydrogen) atoms. The Bertz CT molecular complexity index is 1380. The number of aryl methyl sites for hydroxylation is 1. The average molecular weight is 594 g/mol. The van der Waals surface area contributed by atoms with Crippen molar-refractivity contribution in [2.75, 3.05) is 24.2 Å². The maximum atomic E-state index is 14.6. The van der Waals surface area contributed by atoms with Crippen molar-refractivity contribution >= 4 is 40.2 Å². The molecule has 0 unspecified atom stereocenters. The molecule has 0 aliphatic heterocycles. The first kappa shape index (κ1) is 35.1. The molecule has 1 amide bonds. The van der Waals surface area contributed by atoms with Crippen molar-refractivity contribution < 1.29 is 18.4 Å². The molecular formula is C34H45F2N5O2. The summed E-state index contributed by atoms with van der Waals surface area (Å²) in [5.41, 5.74) is 3.34. The lowest BCUT2D eigenvalue weighted by molar-refractivity contribution is -0.119. The molecule has 0 atom stereocenters. The van der Waals surface area contributed by atoms with E-state index in [4.69, 9.17) is 0 Å². The highest BCUT2D eigenvalue weighted by molar-refractivity contribution is 6.45. The maximum Gasteiger partial charge on any atom is 0.251 e. The highest BCUT2D eigenvalue weighted by atomic mass is 19.2. The zero-order valence-electron chi connectivity index (χ0n) is 26.2. The van der Waals surface area contributed by atoms with E-state index in [1.807, 2.05) is 19.9 Å². The summed E-state index contributed by atoms with van der Waals surface area (Å²) in [6, 6.07) is 8.45. The molecular weight excluding hydrogens is 548 g/mol. The van der Waals surface area contributed by atoms with Crippen LogP contribution in [-0.2, 0) is 11.2 Å². The summed E-state index contributed by atoms with van der Waals surface area (Å²) in [4.78, 5) is 33.8. The summed E-state index contributed by atoms with van der Waals surface area (Å²) in [5.74, 6) is -1.35. The number of nitrogens with one attached hydrogen (secondary N) is 3. The van der Waals surface area contributed by atoms with Gasteiger partial charge in [0.25, 0.3) is 5.91 Å². The Kier molecular flexibility index (Phi) is 15.0. The second-order valence-corrected chi connectivity index (χ2v) is 10.2. The predicted molar refractivity (Wildman–Crippen MR) is 175 cm³/mol. The second-order valence-electron chi connectivity index (χ2n) is 10.2. The normalized spacial score (nSPS) is 12.5. The van der Waals surface area contributed by atoms with Gasteiger partial charge in [-0.25, -0.2) is 13.8 Å². The van der Waals surface area contributed by atoms with Crippen LogP contribution in [-0.4, -0.2) is 36.8 Å². The lowest BCUT2D eigenvalue weighted by Crippen LogP contribution is -2.26. The Labute approximate surface area is 254 Å². The van der Waals surface area contributed by atoms with Gasteiger partial charge in [-0.1, -0.05) is 32.8 Å². The highest BCUT2D eigenvalue weighted by Gasteiger charge is 2.15. The molecule has 2 aromatic carbocycles. The first-order valence-corrected chi connectivity index (χ1v) is 14.9. The van der Waals surface area contributed by atoms with Crippen LogP contribution in [0.3, 0.4) is 0 Å². The van der Waals surface area contributed by atoms with Gasteiger partial charge < -0.3 is 16.0 Å². The number of benzene rings is 2. The number of allylic oxidation sites excluding steroid dienone is 2. The minimum Gasteiger partial charge on any atom is -0.386 e. The van der Waals surface area contributed by atoms with Gasteiger partial charge >= 0.3 is 0 Å². The van der Waals surface area contributed by atoms with Gasteiger partial charge in [0.05, 0.1) is 11.4 Å². The lowest BCUT2D eigenvalue weighted by Gasteiger charge is -2.14. The van der Waals surface area contributed by atoms with Crippen molar-refractivity contribution in [3.63, 3.8) is 0 Å². The minimum atomic E-state index is -0.943. The number of rotatable bonds is 16. The number of hydrogen-bond donors (Lipinski definition) is 3. The first-order chi connectivity index (χ1) is 20.7. The molecule has 0 aliphatic rings. The fourth-order valence-corrected chi connectivity index (χ4v) is 4.34. The molecule has 0 saturated carbocycles. The van der Waals surface area contributed by atoms with Gasteiger partial charge in [-0.2, -0.15) is 0 Å². The van der Waals surface area contributed by atoms with Crippen molar-refractivity contribution in [2.24, 2.45) is 9.98 Å². The molecule has 0 heterocycles. The number of ketones is 1. The molecule has 0 fully saturated rings. The summed E-state index contributed by atoms with van der Waals surface area (Å²) in [7, 11) is 1.53. The molecule has 2 rings (SSSR count). The van der Waals surface area contributed by atoms with E-state index in [-0.39, 0.29) is 22.9 Å². The number of unbranched alkanes of at least 4 members (excludes halogenated alkanes) is 2. The molecule has 0 spiro atoms. The molecule has 7 nitrogen and oxygen atoms in total. The molecule has 0 bridgehead atoms. The van der Waals surface area contributed by atoms with E-state index in [2.05, 4.69) is 32.9 Å². The maximum absolute atomic E-state index is 14.6. The van der Waals surface area contributed by atoms with Crippen molar-refractivity contribution in [3.05, 3.63) is 77.1 Å². The molecule has 232 valence electrons. The summed E-state index contributed by atoms with van der Waals surface area (Å²) < 4.78 is 28.8. The first-order valence-electron chi connectivity index (χ1n) is 14.9. The van der Waals surface area contributed by atoms with E-state index in [1.54, 1.807) is 38.3 Å².